The highest BCUT2D eigenvalue weighted by Crippen LogP contribution is 2.72. The lowest BCUT2D eigenvalue weighted by Crippen LogP contribution is -2.68. The number of fused-ring (bicyclic) bond motifs is 7. The molecule has 0 aliphatic heterocycles. The third-order valence-corrected chi connectivity index (χ3v) is 12.0. The molecule has 0 aromatic rings. The second kappa shape index (κ2) is 11.8. The third kappa shape index (κ3) is 4.74. The topological polar surface area (TPSA) is 109 Å². The number of carbonyl (C=O) groups is 3. The van der Waals surface area contributed by atoms with Gasteiger partial charge in [0, 0.05) is 18.0 Å². The molecule has 0 saturated heterocycles. The number of amides is 1. The van der Waals surface area contributed by atoms with Crippen molar-refractivity contribution in [3.05, 3.63) is 11.1 Å². The van der Waals surface area contributed by atoms with E-state index in [2.05, 4.69) is 39.0 Å². The molecule has 0 spiro atoms. The summed E-state index contributed by atoms with van der Waals surface area (Å²) in [5.41, 5.74) is 7.88. The molecule has 0 aromatic heterocycles. The zero-order valence-corrected chi connectivity index (χ0v) is 27.4. The first kappa shape index (κ1) is 33.3. The number of ketones is 2. The molecule has 0 heterocycles. The van der Waals surface area contributed by atoms with E-state index in [4.69, 9.17) is 10.3 Å². The normalized spacial score (nSPS) is 41.6. The monoisotopic (exact) mass is 576 g/mol. The first-order chi connectivity index (χ1) is 18.7. The van der Waals surface area contributed by atoms with E-state index < -0.39 is 22.6 Å². The number of Topliss-reactive ketones (excluding diaryl/α,β-unsaturated/α-hetero) is 2. The number of nitrogens with two attached hydrogens (primary N) is 1. The molecule has 5 rings (SSSR count). The summed E-state index contributed by atoms with van der Waals surface area (Å²) in [6.07, 6.45) is 8.43. The van der Waals surface area contributed by atoms with Crippen molar-refractivity contribution >= 4 is 30.4 Å². The minimum atomic E-state index is -1.06. The Bertz CT molecular complexity index is 1040. The second-order valence-corrected chi connectivity index (χ2v) is 14.5. The molecule has 0 bridgehead atoms. The fourth-order valence-corrected chi connectivity index (χ4v) is 10.7. The number of nitrogens with one attached hydrogen (secondary N) is 1. The number of rotatable bonds is 4. The van der Waals surface area contributed by atoms with Crippen LogP contribution in [-0.4, -0.2) is 33.6 Å². The number of carbonyl (C=O) groups excluding carboxylic acids is 3. The molecular formula is C33H56N2O4S. The van der Waals surface area contributed by atoms with Gasteiger partial charge in [0.15, 0.2) is 5.78 Å². The summed E-state index contributed by atoms with van der Waals surface area (Å²) in [6, 6.07) is -0.130. The summed E-state index contributed by atoms with van der Waals surface area (Å²) >= 11 is 2.53. The van der Waals surface area contributed by atoms with E-state index in [0.29, 0.717) is 17.8 Å². The Morgan fingerprint density at radius 3 is 2.08 bits per heavy atom. The largest absolute Gasteiger partial charge is 0.347 e. The van der Waals surface area contributed by atoms with Gasteiger partial charge in [-0.05, 0) is 130 Å². The van der Waals surface area contributed by atoms with Crippen LogP contribution in [0.2, 0.25) is 0 Å². The van der Waals surface area contributed by atoms with Crippen LogP contribution in [-0.2, 0) is 14.4 Å². The average molecular weight is 577 g/mol. The quantitative estimate of drug-likeness (QED) is 0.168. The van der Waals surface area contributed by atoms with Crippen LogP contribution >= 0.6 is 12.9 Å². The van der Waals surface area contributed by atoms with Gasteiger partial charge in [0.2, 0.25) is 5.78 Å². The average Bonchev–Trinajstić information content (AvgIpc) is 3.39. The zero-order valence-electron chi connectivity index (χ0n) is 26.5. The van der Waals surface area contributed by atoms with Gasteiger partial charge in [-0.1, -0.05) is 48.5 Å². The smallest absolute Gasteiger partial charge is 0.288 e. The molecule has 4 fully saturated rings. The van der Waals surface area contributed by atoms with Crippen molar-refractivity contribution in [1.82, 2.24) is 5.32 Å². The predicted octanol–water partition coefficient (Wildman–Crippen LogP) is 6.78. The van der Waals surface area contributed by atoms with E-state index in [1.54, 1.807) is 0 Å². The number of hydrogen-bond acceptors (Lipinski definition) is 6. The Morgan fingerprint density at radius 1 is 0.925 bits per heavy atom. The second-order valence-electron chi connectivity index (χ2n) is 14.5. The highest BCUT2D eigenvalue weighted by atomic mass is 32.1. The molecule has 6 nitrogen and oxygen atoms in total. The van der Waals surface area contributed by atoms with Gasteiger partial charge in [-0.25, -0.2) is 0 Å². The van der Waals surface area contributed by atoms with Crippen molar-refractivity contribution in [2.24, 2.45) is 51.6 Å². The Hall–Kier alpha value is -1.18. The molecule has 5 aliphatic rings. The van der Waals surface area contributed by atoms with Gasteiger partial charge in [0.1, 0.15) is 0 Å². The fourth-order valence-electron chi connectivity index (χ4n) is 10.7. The van der Waals surface area contributed by atoms with Crippen LogP contribution in [0, 0.1) is 45.8 Å². The summed E-state index contributed by atoms with van der Waals surface area (Å²) in [6.45, 7) is 19.3. The van der Waals surface area contributed by atoms with E-state index in [9.17, 15) is 14.4 Å². The number of thiol groups is 1. The first-order valence-electron chi connectivity index (χ1n) is 15.8. The molecule has 4 N–H and O–H groups in total. The van der Waals surface area contributed by atoms with Crippen LogP contribution in [0.3, 0.4) is 0 Å². The minimum Gasteiger partial charge on any atom is -0.347 e. The van der Waals surface area contributed by atoms with Crippen molar-refractivity contribution < 1.29 is 18.9 Å². The molecule has 4 saturated carbocycles. The van der Waals surface area contributed by atoms with Crippen LogP contribution in [0.15, 0.2) is 11.1 Å². The van der Waals surface area contributed by atoms with E-state index in [-0.39, 0.29) is 35.5 Å². The zero-order chi connectivity index (χ0) is 30.4. The Labute approximate surface area is 248 Å². The maximum absolute atomic E-state index is 13.9. The van der Waals surface area contributed by atoms with Crippen molar-refractivity contribution in [3.8, 4) is 0 Å². The van der Waals surface area contributed by atoms with E-state index in [1.807, 2.05) is 41.5 Å². The van der Waals surface area contributed by atoms with Crippen molar-refractivity contribution in [2.45, 2.75) is 132 Å². The van der Waals surface area contributed by atoms with Crippen LogP contribution in [0.1, 0.15) is 120 Å². The first-order valence-corrected chi connectivity index (χ1v) is 16.2. The van der Waals surface area contributed by atoms with E-state index in [1.165, 1.54) is 25.7 Å². The SMILES string of the molecule is CC.CC(C)NC(=O)C(=O)C12CCC3C(N)(CCC4C5(C)CCC(C)C5CCC34C)C1=C(C(C)C)C(=O)C2.OS. The molecule has 1 amide bonds. The summed E-state index contributed by atoms with van der Waals surface area (Å²) in [5, 5.41) is 2.81. The molecule has 0 aromatic carbocycles. The molecule has 5 aliphatic carbocycles. The Kier molecular flexibility index (Phi) is 9.86. The van der Waals surface area contributed by atoms with Gasteiger partial charge in [0.25, 0.3) is 5.91 Å². The standard InChI is InChI=1S/C31H48N2O3.C2H6.H2OS/c1-17(2)24-21(34)16-30(26(35)27(36)33-18(3)4)14-10-23-29(7)13-9-20-19(5)8-12-28(20,6)22(29)11-15-31(23,32)25(24)30;2*1-2/h17-20,22-23H,8-16,32H2,1-7H3,(H,33,36);1-2H3;1-2H. The lowest BCUT2D eigenvalue weighted by atomic mass is 9.38. The maximum atomic E-state index is 13.9. The molecule has 0 radical (unpaired) electrons. The van der Waals surface area contributed by atoms with Gasteiger partial charge in [0.05, 0.1) is 5.41 Å². The summed E-state index contributed by atoms with van der Waals surface area (Å²) in [4.78, 5) is 40.6. The van der Waals surface area contributed by atoms with E-state index in [0.717, 1.165) is 42.2 Å². The minimum absolute atomic E-state index is 0.0102. The number of allylic oxidation sites excluding steroid dienone is 1. The van der Waals surface area contributed by atoms with Gasteiger partial charge < -0.3 is 15.6 Å². The van der Waals surface area contributed by atoms with Crippen molar-refractivity contribution in [2.75, 3.05) is 0 Å². The van der Waals surface area contributed by atoms with Crippen LogP contribution in [0.4, 0.5) is 0 Å². The van der Waals surface area contributed by atoms with E-state index >= 15 is 0 Å². The third-order valence-electron chi connectivity index (χ3n) is 12.0. The highest BCUT2D eigenvalue weighted by molar-refractivity contribution is 7.74. The molecule has 40 heavy (non-hydrogen) atoms. The fraction of sp³-hybridized carbons (Fsp3) is 0.848. The molecule has 8 unspecified atom stereocenters. The Morgan fingerprint density at radius 2 is 1.50 bits per heavy atom. The summed E-state index contributed by atoms with van der Waals surface area (Å²) < 4.78 is 6.69. The van der Waals surface area contributed by atoms with Gasteiger partial charge in [-0.3, -0.25) is 14.4 Å². The molecular weight excluding hydrogens is 520 g/mol. The lowest BCUT2D eigenvalue weighted by Gasteiger charge is -2.67. The Balaban J connectivity index is 0.00000106. The van der Waals surface area contributed by atoms with Crippen molar-refractivity contribution in [3.63, 3.8) is 0 Å². The summed E-state index contributed by atoms with van der Waals surface area (Å²) in [5.74, 6) is 1.48. The van der Waals surface area contributed by atoms with Gasteiger partial charge in [-0.2, -0.15) is 0 Å². The molecule has 228 valence electrons. The number of hydrogen-bond donors (Lipinski definition) is 4. The van der Waals surface area contributed by atoms with Crippen molar-refractivity contribution in [1.29, 1.82) is 0 Å². The summed E-state index contributed by atoms with van der Waals surface area (Å²) in [7, 11) is 0. The predicted molar refractivity (Wildman–Crippen MR) is 165 cm³/mol. The maximum Gasteiger partial charge on any atom is 0.288 e. The van der Waals surface area contributed by atoms with Crippen LogP contribution in [0.5, 0.6) is 0 Å². The van der Waals surface area contributed by atoms with Crippen LogP contribution in [0.25, 0.3) is 0 Å². The van der Waals surface area contributed by atoms with Gasteiger partial charge >= 0.3 is 0 Å². The lowest BCUT2D eigenvalue weighted by molar-refractivity contribution is -0.153. The van der Waals surface area contributed by atoms with Crippen LogP contribution < -0.4 is 11.1 Å². The molecule has 8 atom stereocenters. The molecule has 7 heteroatoms. The highest BCUT2D eigenvalue weighted by Gasteiger charge is 2.70. The van der Waals surface area contributed by atoms with Gasteiger partial charge in [-0.15, -0.1) is 0 Å².